The molecule has 0 aromatic carbocycles. The summed E-state index contributed by atoms with van der Waals surface area (Å²) in [6.07, 6.45) is 55.0. The first-order chi connectivity index (χ1) is 50.8. The molecule has 12 N–H and O–H groups in total. The van der Waals surface area contributed by atoms with Gasteiger partial charge < -0.3 is 89.9 Å². The molecule has 17 unspecified atom stereocenters. The number of hydrogen-bond acceptors (Lipinski definition) is 18. The summed E-state index contributed by atoms with van der Waals surface area (Å²) in [5.74, 6) is -0.277. The number of rotatable bonds is 71. The Morgan fingerprint density at radius 2 is 0.615 bits per heavy atom. The Labute approximate surface area is 632 Å². The van der Waals surface area contributed by atoms with E-state index >= 15 is 0 Å². The highest BCUT2D eigenvalue weighted by Crippen LogP contribution is 2.34. The highest BCUT2D eigenvalue weighted by molar-refractivity contribution is 5.76. The first-order valence-electron chi connectivity index (χ1n) is 43.6. The van der Waals surface area contributed by atoms with Crippen LogP contribution in [0.4, 0.5) is 0 Å². The van der Waals surface area contributed by atoms with Crippen molar-refractivity contribution in [2.45, 2.75) is 484 Å². The van der Waals surface area contributed by atoms with Crippen LogP contribution in [-0.4, -0.2) is 193 Å². The van der Waals surface area contributed by atoms with Gasteiger partial charge in [0.25, 0.3) is 0 Å². The summed E-state index contributed by atoms with van der Waals surface area (Å²) >= 11 is 0. The largest absolute Gasteiger partial charge is 0.394 e. The number of hydrogen-bond donors (Lipinski definition) is 12. The Morgan fingerprint density at radius 3 is 0.962 bits per heavy atom. The average Bonchev–Trinajstić information content (AvgIpc) is 0.783. The molecule has 3 saturated heterocycles. The van der Waals surface area contributed by atoms with Crippen molar-refractivity contribution in [3.63, 3.8) is 0 Å². The quantitative estimate of drug-likeness (QED) is 0.0199. The molecule has 0 spiro atoms. The molecule has 3 aliphatic heterocycles. The number of nitrogens with one attached hydrogen (secondary N) is 1. The molecule has 3 rings (SSSR count). The minimum absolute atomic E-state index is 0.241. The Balaban J connectivity index is 1.29. The molecule has 3 aliphatic rings. The number of aliphatic hydroxyl groups is 11. The topological polar surface area (TPSA) is 307 Å². The van der Waals surface area contributed by atoms with Crippen molar-refractivity contribution < 1.29 is 89.4 Å². The van der Waals surface area contributed by atoms with E-state index in [-0.39, 0.29) is 18.9 Å². The van der Waals surface area contributed by atoms with Crippen molar-refractivity contribution in [2.75, 3.05) is 26.4 Å². The third kappa shape index (κ3) is 44.9. The summed E-state index contributed by atoms with van der Waals surface area (Å²) in [7, 11) is 0. The zero-order valence-electron chi connectivity index (χ0n) is 66.0. The smallest absolute Gasteiger partial charge is 0.220 e. The molecule has 17 atom stereocenters. The van der Waals surface area contributed by atoms with Crippen LogP contribution in [0.2, 0.25) is 0 Å². The Kier molecular flexibility index (Phi) is 61.2. The average molecular weight is 1490 g/mol. The monoisotopic (exact) mass is 1480 g/mol. The van der Waals surface area contributed by atoms with E-state index < -0.39 is 124 Å². The third-order valence-corrected chi connectivity index (χ3v) is 22.0. The van der Waals surface area contributed by atoms with Crippen LogP contribution in [0.1, 0.15) is 380 Å². The number of carbonyl (C=O) groups excluding carboxylic acids is 1. The number of unbranched alkanes of at least 4 members (excludes halogenated alkanes) is 53. The molecule has 614 valence electrons. The van der Waals surface area contributed by atoms with E-state index in [2.05, 4.69) is 31.3 Å². The first kappa shape index (κ1) is 96.5. The van der Waals surface area contributed by atoms with Crippen LogP contribution in [0.5, 0.6) is 0 Å². The lowest BCUT2D eigenvalue weighted by atomic mass is 9.96. The van der Waals surface area contributed by atoms with Gasteiger partial charge >= 0.3 is 0 Å². The standard InChI is InChI=1S/C85H161NO18/c1-3-5-7-9-11-13-15-17-19-21-23-24-25-26-27-28-29-30-31-32-33-34-35-36-37-38-39-40-41-42-43-45-47-49-51-53-55-57-59-61-63-73(91)86-68(69(90)62-60-58-56-54-52-50-48-46-44-22-20-18-16-14-12-10-8-6-4-2)67-99-83-79(97)76(94)81(71(65-88)101-83)104-85-80(98)77(95)82(72(66-89)102-85)103-84-78(96)75(93)74(92)70(64-87)100-84/h52,54,60,62,68-72,74-85,87-90,92-98H,3-51,53,55-59,61,63-67H2,1-2H3,(H,86,91)/b54-52+,62-60+. The van der Waals surface area contributed by atoms with Crippen molar-refractivity contribution >= 4 is 5.91 Å². The molecule has 0 radical (unpaired) electrons. The van der Waals surface area contributed by atoms with Gasteiger partial charge in [-0.2, -0.15) is 0 Å². The summed E-state index contributed by atoms with van der Waals surface area (Å²) in [5.41, 5.74) is 0. The lowest BCUT2D eigenvalue weighted by Gasteiger charge is -2.48. The molecule has 0 aromatic rings. The summed E-state index contributed by atoms with van der Waals surface area (Å²) in [5, 5.41) is 121. The summed E-state index contributed by atoms with van der Waals surface area (Å²) in [4.78, 5) is 13.5. The van der Waals surface area contributed by atoms with Gasteiger partial charge in [0.15, 0.2) is 18.9 Å². The molecule has 0 saturated carbocycles. The van der Waals surface area contributed by atoms with Crippen LogP contribution < -0.4 is 5.32 Å². The van der Waals surface area contributed by atoms with Crippen LogP contribution >= 0.6 is 0 Å². The fraction of sp³-hybridized carbons (Fsp3) is 0.941. The minimum Gasteiger partial charge on any atom is -0.394 e. The maximum absolute atomic E-state index is 13.5. The molecule has 0 bridgehead atoms. The minimum atomic E-state index is -1.98. The van der Waals surface area contributed by atoms with E-state index in [4.69, 9.17) is 28.4 Å². The van der Waals surface area contributed by atoms with Gasteiger partial charge in [0.1, 0.15) is 73.2 Å². The van der Waals surface area contributed by atoms with Crippen molar-refractivity contribution in [1.29, 1.82) is 0 Å². The summed E-state index contributed by atoms with van der Waals surface area (Å²) in [6, 6.07) is -0.988. The van der Waals surface area contributed by atoms with Crippen LogP contribution in [0.25, 0.3) is 0 Å². The van der Waals surface area contributed by atoms with E-state index in [1.165, 1.54) is 308 Å². The fourth-order valence-electron chi connectivity index (χ4n) is 15.0. The van der Waals surface area contributed by atoms with Crippen molar-refractivity contribution in [1.82, 2.24) is 5.32 Å². The molecule has 3 fully saturated rings. The van der Waals surface area contributed by atoms with Crippen LogP contribution in [-0.2, 0) is 33.2 Å². The van der Waals surface area contributed by atoms with E-state index in [9.17, 15) is 61.0 Å². The Hall–Kier alpha value is -1.73. The second kappa shape index (κ2) is 65.9. The molecule has 19 heteroatoms. The lowest BCUT2D eigenvalue weighted by molar-refractivity contribution is -0.379. The molecule has 0 aliphatic carbocycles. The van der Waals surface area contributed by atoms with Crippen molar-refractivity contribution in [3.05, 3.63) is 24.3 Å². The van der Waals surface area contributed by atoms with Crippen LogP contribution in [0.3, 0.4) is 0 Å². The zero-order chi connectivity index (χ0) is 75.3. The number of aliphatic hydroxyl groups excluding tert-OH is 11. The number of carbonyl (C=O) groups is 1. The van der Waals surface area contributed by atoms with Crippen molar-refractivity contribution in [3.8, 4) is 0 Å². The van der Waals surface area contributed by atoms with E-state index in [1.54, 1.807) is 6.08 Å². The predicted octanol–water partition coefficient (Wildman–Crippen LogP) is 15.7. The van der Waals surface area contributed by atoms with Gasteiger partial charge in [-0.15, -0.1) is 0 Å². The predicted molar refractivity (Wildman–Crippen MR) is 416 cm³/mol. The van der Waals surface area contributed by atoms with Crippen molar-refractivity contribution in [2.24, 2.45) is 0 Å². The fourth-order valence-corrected chi connectivity index (χ4v) is 15.0. The third-order valence-electron chi connectivity index (χ3n) is 22.0. The van der Waals surface area contributed by atoms with Gasteiger partial charge in [-0.25, -0.2) is 0 Å². The van der Waals surface area contributed by atoms with Gasteiger partial charge in [0.05, 0.1) is 38.6 Å². The molecular weight excluding hydrogens is 1320 g/mol. The maximum atomic E-state index is 13.5. The highest BCUT2D eigenvalue weighted by atomic mass is 16.8. The number of ether oxygens (including phenoxy) is 6. The van der Waals surface area contributed by atoms with Gasteiger partial charge in [0, 0.05) is 6.42 Å². The highest BCUT2D eigenvalue weighted by Gasteiger charge is 2.54. The molecule has 19 nitrogen and oxygen atoms in total. The number of amides is 1. The second-order valence-corrected chi connectivity index (χ2v) is 31.4. The zero-order valence-corrected chi connectivity index (χ0v) is 66.0. The SMILES string of the molecule is CCCCCCCCCCCCCCC/C=C/CC/C=C/C(O)C(COC1OC(CO)C(OC2OC(CO)C(OC3OC(CO)C(O)C(O)C3O)C(O)C2O)C(O)C1O)NC(=O)CCCCCCCCCCCCCCCCCCCCCCCCCCCCCCCCCCCCCCCCCC. The second-order valence-electron chi connectivity index (χ2n) is 31.4. The van der Waals surface area contributed by atoms with E-state index in [1.807, 2.05) is 6.08 Å². The maximum Gasteiger partial charge on any atom is 0.220 e. The normalized spacial score (nSPS) is 26.0. The van der Waals surface area contributed by atoms with Crippen LogP contribution in [0.15, 0.2) is 24.3 Å². The first-order valence-corrected chi connectivity index (χ1v) is 43.6. The van der Waals surface area contributed by atoms with E-state index in [0.717, 1.165) is 38.5 Å². The molecule has 104 heavy (non-hydrogen) atoms. The van der Waals surface area contributed by atoms with Gasteiger partial charge in [-0.3, -0.25) is 4.79 Å². The molecule has 3 heterocycles. The Morgan fingerprint density at radius 1 is 0.337 bits per heavy atom. The van der Waals surface area contributed by atoms with Gasteiger partial charge in [-0.05, 0) is 32.1 Å². The summed E-state index contributed by atoms with van der Waals surface area (Å²) < 4.78 is 34.4. The van der Waals surface area contributed by atoms with Gasteiger partial charge in [0.2, 0.25) is 5.91 Å². The van der Waals surface area contributed by atoms with Crippen LogP contribution in [0, 0.1) is 0 Å². The molecule has 0 aromatic heterocycles. The van der Waals surface area contributed by atoms with E-state index in [0.29, 0.717) is 12.8 Å². The molecule has 1 amide bonds. The van der Waals surface area contributed by atoms with Gasteiger partial charge in [-0.1, -0.05) is 366 Å². The molecular formula is C85H161NO18. The lowest BCUT2D eigenvalue weighted by Crippen LogP contribution is -2.66. The number of allylic oxidation sites excluding steroid dienone is 3. The summed E-state index contributed by atoms with van der Waals surface area (Å²) in [6.45, 7) is 1.78. The Bertz CT molecular complexity index is 1970.